The Morgan fingerprint density at radius 1 is 1.00 bits per heavy atom. The van der Waals surface area contributed by atoms with E-state index in [9.17, 15) is 4.79 Å². The lowest BCUT2D eigenvalue weighted by Gasteiger charge is -2.43. The standard InChI is InChI=1S/C35H57N9O5/c1-27(2)44-28(3)38-29-25-37-32(24-30(29)44)39-31-8-12-36-34(40-31)43-15-10-35(47-5,11-16-43)9-14-42-19-17-41(18-20-42)13-6-21-48-22-7-23-49-26-33(45)46-4/h12,24-25,27,31H,6-11,13-23,26H2,1-5H3,(H,37,39). The summed E-state index contributed by atoms with van der Waals surface area (Å²) in [7, 11) is 3.23. The van der Waals surface area contributed by atoms with Crippen LogP contribution in [0.5, 0.6) is 0 Å². The first-order valence-corrected chi connectivity index (χ1v) is 18.0. The Kier molecular flexibility index (Phi) is 13.8. The highest BCUT2D eigenvalue weighted by atomic mass is 16.6. The zero-order valence-corrected chi connectivity index (χ0v) is 30.2. The first kappa shape index (κ1) is 37.1. The van der Waals surface area contributed by atoms with Crippen molar-refractivity contribution in [3.63, 3.8) is 0 Å². The van der Waals surface area contributed by atoms with Gasteiger partial charge in [-0.25, -0.2) is 24.7 Å². The molecule has 2 aromatic rings. The van der Waals surface area contributed by atoms with Gasteiger partial charge < -0.3 is 43.5 Å². The minimum Gasteiger partial charge on any atom is -0.467 e. The number of piperazine rings is 1. The molecule has 0 bridgehead atoms. The third-order valence-electron chi connectivity index (χ3n) is 9.92. The summed E-state index contributed by atoms with van der Waals surface area (Å²) in [4.78, 5) is 37.4. The molecular formula is C35H57N9O5. The molecule has 14 nitrogen and oxygen atoms in total. The van der Waals surface area contributed by atoms with Crippen LogP contribution >= 0.6 is 0 Å². The van der Waals surface area contributed by atoms with Gasteiger partial charge in [0.25, 0.3) is 0 Å². The molecule has 3 aliphatic rings. The lowest BCUT2D eigenvalue weighted by atomic mass is 9.87. The number of fused-ring (bicyclic) bond motifs is 1. The molecule has 0 aliphatic carbocycles. The van der Waals surface area contributed by atoms with Crippen LogP contribution in [0.3, 0.4) is 0 Å². The predicted molar refractivity (Wildman–Crippen MR) is 192 cm³/mol. The molecule has 2 saturated heterocycles. The lowest BCUT2D eigenvalue weighted by molar-refractivity contribution is -0.146. The Hall–Kier alpha value is -3.17. The Labute approximate surface area is 291 Å². The summed E-state index contributed by atoms with van der Waals surface area (Å²) < 4.78 is 24.0. The first-order chi connectivity index (χ1) is 23.8. The number of pyridine rings is 1. The highest BCUT2D eigenvalue weighted by Crippen LogP contribution is 2.31. The first-order valence-electron chi connectivity index (χ1n) is 18.0. The van der Waals surface area contributed by atoms with Crippen molar-refractivity contribution in [3.8, 4) is 0 Å². The van der Waals surface area contributed by atoms with Crippen LogP contribution in [0.4, 0.5) is 5.82 Å². The molecule has 3 aliphatic heterocycles. The zero-order chi connectivity index (χ0) is 34.6. The van der Waals surface area contributed by atoms with Gasteiger partial charge in [-0.15, -0.1) is 0 Å². The maximum atomic E-state index is 11.0. The number of carbonyl (C=O) groups is 1. The summed E-state index contributed by atoms with van der Waals surface area (Å²) in [5.41, 5.74) is 1.89. The van der Waals surface area contributed by atoms with Gasteiger partial charge in [-0.1, -0.05) is 0 Å². The van der Waals surface area contributed by atoms with Crippen molar-refractivity contribution in [1.29, 1.82) is 0 Å². The van der Waals surface area contributed by atoms with E-state index in [0.717, 1.165) is 126 Å². The van der Waals surface area contributed by atoms with Gasteiger partial charge in [0, 0.05) is 104 Å². The largest absolute Gasteiger partial charge is 0.467 e. The normalized spacial score (nSPS) is 20.2. The molecular weight excluding hydrogens is 626 g/mol. The van der Waals surface area contributed by atoms with E-state index in [2.05, 4.69) is 64.2 Å². The number of piperidine rings is 1. The monoisotopic (exact) mass is 683 g/mol. The molecule has 1 atom stereocenters. The number of guanidine groups is 1. The number of anilines is 1. The summed E-state index contributed by atoms with van der Waals surface area (Å²) in [5, 5.41) is 3.52. The van der Waals surface area contributed by atoms with Gasteiger partial charge in [0.1, 0.15) is 29.9 Å². The van der Waals surface area contributed by atoms with E-state index in [1.165, 1.54) is 7.11 Å². The van der Waals surface area contributed by atoms with Gasteiger partial charge >= 0.3 is 5.97 Å². The second-order valence-corrected chi connectivity index (χ2v) is 13.6. The predicted octanol–water partition coefficient (Wildman–Crippen LogP) is 3.36. The Bertz CT molecular complexity index is 1400. The molecule has 1 N–H and O–H groups in total. The molecule has 0 saturated carbocycles. The van der Waals surface area contributed by atoms with Crippen molar-refractivity contribution in [1.82, 2.24) is 29.2 Å². The average Bonchev–Trinajstić information content (AvgIpc) is 3.45. The molecule has 14 heteroatoms. The number of aliphatic imine (C=N–C) groups is 2. The van der Waals surface area contributed by atoms with Crippen molar-refractivity contribution in [2.75, 3.05) is 98.3 Å². The minimum atomic E-state index is -0.349. The highest BCUT2D eigenvalue weighted by molar-refractivity contribution is 5.90. The zero-order valence-electron chi connectivity index (χ0n) is 30.2. The summed E-state index contributed by atoms with van der Waals surface area (Å²) in [6.07, 6.45) is 9.19. The van der Waals surface area contributed by atoms with E-state index in [-0.39, 0.29) is 24.3 Å². The van der Waals surface area contributed by atoms with Crippen LogP contribution in [0.2, 0.25) is 0 Å². The third kappa shape index (κ3) is 10.4. The average molecular weight is 684 g/mol. The Morgan fingerprint density at radius 3 is 2.43 bits per heavy atom. The fourth-order valence-corrected chi connectivity index (χ4v) is 6.97. The minimum absolute atomic E-state index is 0.00248. The van der Waals surface area contributed by atoms with Crippen LogP contribution in [0.1, 0.15) is 64.2 Å². The van der Waals surface area contributed by atoms with Crippen LogP contribution in [-0.4, -0.2) is 152 Å². The van der Waals surface area contributed by atoms with Crippen molar-refractivity contribution >= 4 is 35.0 Å². The Morgan fingerprint density at radius 2 is 1.71 bits per heavy atom. The molecule has 1 unspecified atom stereocenters. The maximum absolute atomic E-state index is 11.0. The van der Waals surface area contributed by atoms with Gasteiger partial charge in [-0.2, -0.15) is 0 Å². The van der Waals surface area contributed by atoms with E-state index in [0.29, 0.717) is 19.3 Å². The number of nitrogens with zero attached hydrogens (tertiary/aromatic N) is 8. The van der Waals surface area contributed by atoms with Crippen molar-refractivity contribution in [3.05, 3.63) is 18.1 Å². The number of imidazole rings is 1. The summed E-state index contributed by atoms with van der Waals surface area (Å²) >= 11 is 0. The van der Waals surface area contributed by atoms with Crippen molar-refractivity contribution < 1.29 is 23.7 Å². The number of esters is 1. The van der Waals surface area contributed by atoms with Gasteiger partial charge in [0.15, 0.2) is 0 Å². The van der Waals surface area contributed by atoms with E-state index in [4.69, 9.17) is 19.2 Å². The van der Waals surface area contributed by atoms with Gasteiger partial charge in [-0.05, 0) is 52.9 Å². The number of aryl methyl sites for hydroxylation is 1. The molecule has 0 spiro atoms. The molecule has 0 radical (unpaired) electrons. The van der Waals surface area contributed by atoms with Crippen LogP contribution in [-0.2, 0) is 23.7 Å². The third-order valence-corrected chi connectivity index (χ3v) is 9.92. The summed E-state index contributed by atoms with van der Waals surface area (Å²) in [5.74, 6) is 2.25. The molecule has 2 aromatic heterocycles. The smallest absolute Gasteiger partial charge is 0.331 e. The van der Waals surface area contributed by atoms with E-state index >= 15 is 0 Å². The number of likely N-dealkylation sites (tertiary alicyclic amines) is 1. The number of hydrogen-bond donors (Lipinski definition) is 1. The number of rotatable bonds is 17. The molecule has 0 aromatic carbocycles. The number of methoxy groups -OCH3 is 2. The topological polar surface area (TPSA) is 131 Å². The number of aromatic nitrogens is 3. The van der Waals surface area contributed by atoms with Crippen LogP contribution < -0.4 is 5.32 Å². The second-order valence-electron chi connectivity index (χ2n) is 13.6. The van der Waals surface area contributed by atoms with Crippen molar-refractivity contribution in [2.45, 2.75) is 77.1 Å². The number of carbonyl (C=O) groups excluding carboxylic acids is 1. The van der Waals surface area contributed by atoms with Gasteiger partial charge in [0.2, 0.25) is 5.96 Å². The van der Waals surface area contributed by atoms with Crippen LogP contribution in [0.25, 0.3) is 11.0 Å². The number of ether oxygens (including phenoxy) is 4. The lowest BCUT2D eigenvalue weighted by Crippen LogP contribution is -2.51. The van der Waals surface area contributed by atoms with Gasteiger partial charge in [-0.3, -0.25) is 0 Å². The van der Waals surface area contributed by atoms with Crippen LogP contribution in [0, 0.1) is 6.92 Å². The highest BCUT2D eigenvalue weighted by Gasteiger charge is 2.36. The molecule has 5 rings (SSSR count). The number of hydrogen-bond acceptors (Lipinski definition) is 13. The fraction of sp³-hybridized carbons (Fsp3) is 0.743. The molecule has 272 valence electrons. The molecule has 0 amide bonds. The maximum Gasteiger partial charge on any atom is 0.331 e. The van der Waals surface area contributed by atoms with E-state index < -0.39 is 0 Å². The second kappa shape index (κ2) is 18.2. The number of nitrogens with one attached hydrogen (secondary N) is 1. The fourth-order valence-electron chi connectivity index (χ4n) is 6.97. The van der Waals surface area contributed by atoms with Gasteiger partial charge in [0.05, 0.1) is 24.4 Å². The molecule has 49 heavy (non-hydrogen) atoms. The van der Waals surface area contributed by atoms with E-state index in [1.807, 2.05) is 26.4 Å². The molecule has 5 heterocycles. The van der Waals surface area contributed by atoms with E-state index in [1.54, 1.807) is 0 Å². The quantitative estimate of drug-likeness (QED) is 0.195. The Balaban J connectivity index is 0.990. The van der Waals surface area contributed by atoms with Crippen molar-refractivity contribution in [2.24, 2.45) is 9.98 Å². The molecule has 2 fully saturated rings. The SMILES string of the molecule is COC(=O)COCCCOCCCN1CCN(CCC2(OC)CCN(C3=NC(Nc4cc5c(cn4)nc(C)n5C(C)C)CC=N3)CC2)CC1. The summed E-state index contributed by atoms with van der Waals surface area (Å²) in [6.45, 7) is 16.5. The van der Waals surface area contributed by atoms with Crippen LogP contribution in [0.15, 0.2) is 22.2 Å². The summed E-state index contributed by atoms with van der Waals surface area (Å²) in [6, 6.07) is 2.40.